The van der Waals surface area contributed by atoms with Crippen LogP contribution in [0.1, 0.15) is 24.2 Å². The van der Waals surface area contributed by atoms with Gasteiger partial charge in [0.1, 0.15) is 10.6 Å². The highest BCUT2D eigenvalue weighted by Crippen LogP contribution is 2.27. The van der Waals surface area contributed by atoms with E-state index in [1.54, 1.807) is 0 Å². The maximum Gasteiger partial charge on any atom is 0.335 e. The third-order valence-electron chi connectivity index (χ3n) is 2.72. The van der Waals surface area contributed by atoms with Gasteiger partial charge in [-0.25, -0.2) is 17.5 Å². The summed E-state index contributed by atoms with van der Waals surface area (Å²) >= 11 is 0. The lowest BCUT2D eigenvalue weighted by atomic mass is 10.2. The number of ether oxygens (including phenoxy) is 1. The van der Waals surface area contributed by atoms with Gasteiger partial charge in [-0.2, -0.15) is 0 Å². The molecule has 0 saturated heterocycles. The van der Waals surface area contributed by atoms with E-state index in [4.69, 9.17) is 9.84 Å². The van der Waals surface area contributed by atoms with Gasteiger partial charge in [0.05, 0.1) is 12.7 Å². The van der Waals surface area contributed by atoms with Crippen LogP contribution in [0.2, 0.25) is 0 Å². The van der Waals surface area contributed by atoms with Crippen molar-refractivity contribution < 1.29 is 23.1 Å². The van der Waals surface area contributed by atoms with Crippen LogP contribution < -0.4 is 4.74 Å². The smallest absolute Gasteiger partial charge is 0.335 e. The van der Waals surface area contributed by atoms with E-state index in [0.29, 0.717) is 6.54 Å². The molecule has 0 radical (unpaired) electrons. The minimum atomic E-state index is -3.79. The van der Waals surface area contributed by atoms with Crippen LogP contribution in [0, 0.1) is 5.92 Å². The zero-order valence-electron chi connectivity index (χ0n) is 12.0. The predicted octanol–water partition coefficient (Wildman–Crippen LogP) is 1.67. The van der Waals surface area contributed by atoms with Crippen LogP contribution in [0.3, 0.4) is 0 Å². The van der Waals surface area contributed by atoms with Crippen LogP contribution in [-0.4, -0.2) is 44.5 Å². The van der Waals surface area contributed by atoms with Gasteiger partial charge in [-0.3, -0.25) is 0 Å². The number of carboxylic acid groups (broad SMARTS) is 1. The number of benzene rings is 1. The molecule has 0 aromatic heterocycles. The van der Waals surface area contributed by atoms with Crippen LogP contribution in [0.25, 0.3) is 0 Å². The fourth-order valence-corrected chi connectivity index (χ4v) is 3.30. The Bertz CT molecular complexity index is 595. The topological polar surface area (TPSA) is 83.9 Å². The van der Waals surface area contributed by atoms with Crippen molar-refractivity contribution in [1.29, 1.82) is 0 Å². The molecule has 0 aliphatic carbocycles. The van der Waals surface area contributed by atoms with E-state index in [-0.39, 0.29) is 22.1 Å². The lowest BCUT2D eigenvalue weighted by Crippen LogP contribution is -2.30. The maximum absolute atomic E-state index is 12.5. The van der Waals surface area contributed by atoms with Gasteiger partial charge in [-0.05, 0) is 24.1 Å². The molecule has 1 rings (SSSR count). The number of hydrogen-bond acceptors (Lipinski definition) is 4. The van der Waals surface area contributed by atoms with Crippen LogP contribution in [0.5, 0.6) is 5.75 Å². The quantitative estimate of drug-likeness (QED) is 0.864. The number of nitrogens with zero attached hydrogens (tertiary/aromatic N) is 1. The molecule has 1 aromatic rings. The Hall–Kier alpha value is -1.60. The summed E-state index contributed by atoms with van der Waals surface area (Å²) in [4.78, 5) is 10.8. The summed E-state index contributed by atoms with van der Waals surface area (Å²) in [6, 6.07) is 3.77. The van der Waals surface area contributed by atoms with Crippen LogP contribution in [-0.2, 0) is 10.0 Å². The molecule has 0 unspecified atom stereocenters. The predicted molar refractivity (Wildman–Crippen MR) is 74.6 cm³/mol. The fraction of sp³-hybridized carbons (Fsp3) is 0.462. The van der Waals surface area contributed by atoms with Gasteiger partial charge >= 0.3 is 5.97 Å². The number of methoxy groups -OCH3 is 1. The van der Waals surface area contributed by atoms with Crippen LogP contribution >= 0.6 is 0 Å². The van der Waals surface area contributed by atoms with Crippen LogP contribution in [0.15, 0.2) is 23.1 Å². The first-order valence-electron chi connectivity index (χ1n) is 6.07. The average Bonchev–Trinajstić information content (AvgIpc) is 2.36. The lowest BCUT2D eigenvalue weighted by molar-refractivity contribution is 0.0696. The summed E-state index contributed by atoms with van der Waals surface area (Å²) in [7, 11) is -0.983. The van der Waals surface area contributed by atoms with Gasteiger partial charge in [0.15, 0.2) is 0 Å². The summed E-state index contributed by atoms with van der Waals surface area (Å²) in [6.45, 7) is 4.14. The Morgan fingerprint density at radius 2 is 2.00 bits per heavy atom. The molecule has 0 heterocycles. The Kier molecular flexibility index (Phi) is 5.13. The van der Waals surface area contributed by atoms with Gasteiger partial charge < -0.3 is 9.84 Å². The first-order chi connectivity index (χ1) is 9.20. The number of carbonyl (C=O) groups is 1. The molecule has 112 valence electrons. The largest absolute Gasteiger partial charge is 0.495 e. The van der Waals surface area contributed by atoms with Gasteiger partial charge in [-0.1, -0.05) is 13.8 Å². The van der Waals surface area contributed by atoms with Crippen LogP contribution in [0.4, 0.5) is 0 Å². The number of hydrogen-bond donors (Lipinski definition) is 1. The first kappa shape index (κ1) is 16.5. The first-order valence-corrected chi connectivity index (χ1v) is 7.51. The average molecular weight is 301 g/mol. The highest BCUT2D eigenvalue weighted by molar-refractivity contribution is 7.89. The third kappa shape index (κ3) is 3.49. The lowest BCUT2D eigenvalue weighted by Gasteiger charge is -2.20. The Labute approximate surface area is 119 Å². The molecule has 0 spiro atoms. The zero-order valence-corrected chi connectivity index (χ0v) is 12.8. The minimum absolute atomic E-state index is 0.0951. The number of carboxylic acids is 1. The summed E-state index contributed by atoms with van der Waals surface area (Å²) in [5, 5.41) is 8.97. The third-order valence-corrected chi connectivity index (χ3v) is 4.57. The van der Waals surface area contributed by atoms with Gasteiger partial charge in [-0.15, -0.1) is 0 Å². The molecule has 1 aromatic carbocycles. The van der Waals surface area contributed by atoms with Crippen molar-refractivity contribution in [2.75, 3.05) is 20.7 Å². The van der Waals surface area contributed by atoms with Crippen molar-refractivity contribution in [3.8, 4) is 5.75 Å². The summed E-state index contributed by atoms with van der Waals surface area (Å²) in [5.74, 6) is -0.898. The second-order valence-corrected chi connectivity index (χ2v) is 6.86. The minimum Gasteiger partial charge on any atom is -0.495 e. The molecule has 0 fully saturated rings. The molecule has 0 bridgehead atoms. The monoisotopic (exact) mass is 301 g/mol. The SMILES string of the molecule is COc1ccc(C(=O)O)cc1S(=O)(=O)N(C)CC(C)C. The van der Waals surface area contributed by atoms with E-state index < -0.39 is 16.0 Å². The van der Waals surface area contributed by atoms with Crippen molar-refractivity contribution in [3.63, 3.8) is 0 Å². The summed E-state index contributed by atoms with van der Waals surface area (Å²) in [5.41, 5.74) is -0.0951. The molecule has 6 nitrogen and oxygen atoms in total. The number of aromatic carboxylic acids is 1. The normalized spacial score (nSPS) is 11.9. The Balaban J connectivity index is 3.35. The molecular formula is C13H19NO5S. The van der Waals surface area contributed by atoms with Gasteiger partial charge in [0.25, 0.3) is 0 Å². The van der Waals surface area contributed by atoms with E-state index in [1.165, 1.54) is 30.6 Å². The van der Waals surface area contributed by atoms with Crippen molar-refractivity contribution in [1.82, 2.24) is 4.31 Å². The van der Waals surface area contributed by atoms with E-state index in [2.05, 4.69) is 0 Å². The maximum atomic E-state index is 12.5. The molecule has 0 atom stereocenters. The van der Waals surface area contributed by atoms with Crippen molar-refractivity contribution in [3.05, 3.63) is 23.8 Å². The Morgan fingerprint density at radius 1 is 1.40 bits per heavy atom. The summed E-state index contributed by atoms with van der Waals surface area (Å²) in [6.07, 6.45) is 0. The number of rotatable bonds is 6. The highest BCUT2D eigenvalue weighted by Gasteiger charge is 2.26. The van der Waals surface area contributed by atoms with Gasteiger partial charge in [0, 0.05) is 13.6 Å². The Morgan fingerprint density at radius 3 is 2.45 bits per heavy atom. The van der Waals surface area contributed by atoms with E-state index in [1.807, 2.05) is 13.8 Å². The highest BCUT2D eigenvalue weighted by atomic mass is 32.2. The fourth-order valence-electron chi connectivity index (χ4n) is 1.79. The van der Waals surface area contributed by atoms with E-state index in [0.717, 1.165) is 6.07 Å². The standard InChI is InChI=1S/C13H19NO5S/c1-9(2)8-14(3)20(17,18)12-7-10(13(15)16)5-6-11(12)19-4/h5-7,9H,8H2,1-4H3,(H,15,16). The molecule has 20 heavy (non-hydrogen) atoms. The zero-order chi connectivity index (χ0) is 15.5. The van der Waals surface area contributed by atoms with Crippen molar-refractivity contribution >= 4 is 16.0 Å². The molecule has 0 amide bonds. The summed E-state index contributed by atoms with van der Waals surface area (Å²) < 4.78 is 31.2. The number of sulfonamides is 1. The molecule has 7 heteroatoms. The molecule has 0 aliphatic heterocycles. The second kappa shape index (κ2) is 6.23. The van der Waals surface area contributed by atoms with Gasteiger partial charge in [0.2, 0.25) is 10.0 Å². The molecule has 0 aliphatic rings. The van der Waals surface area contributed by atoms with Crippen molar-refractivity contribution in [2.24, 2.45) is 5.92 Å². The van der Waals surface area contributed by atoms with Crippen molar-refractivity contribution in [2.45, 2.75) is 18.7 Å². The van der Waals surface area contributed by atoms with E-state index >= 15 is 0 Å². The molecule has 1 N–H and O–H groups in total. The molecule has 0 saturated carbocycles. The molecular weight excluding hydrogens is 282 g/mol. The van der Waals surface area contributed by atoms with E-state index in [9.17, 15) is 13.2 Å². The second-order valence-electron chi connectivity index (χ2n) is 4.85.